The zero-order valence-electron chi connectivity index (χ0n) is 17.4. The SMILES string of the molecule is Cc1cc([N+](=O)[O-])ccc1N1C(=O)[C@@H]2[C@H](CC(N)=O)N[C@@]3(C(=O)Nc4ccccc43)[C@H]2C1=O. The molecule has 2 fully saturated rings. The Labute approximate surface area is 187 Å². The zero-order chi connectivity index (χ0) is 23.7. The number of non-ortho nitro benzene ring substituents is 1. The Morgan fingerprint density at radius 3 is 2.58 bits per heavy atom. The number of nitro benzene ring substituents is 1. The van der Waals surface area contributed by atoms with Gasteiger partial charge in [0.05, 0.1) is 22.4 Å². The predicted molar refractivity (Wildman–Crippen MR) is 115 cm³/mol. The number of rotatable bonds is 4. The molecule has 0 unspecified atom stereocenters. The van der Waals surface area contributed by atoms with Gasteiger partial charge < -0.3 is 11.1 Å². The van der Waals surface area contributed by atoms with Crippen LogP contribution in [0.5, 0.6) is 0 Å². The lowest BCUT2D eigenvalue weighted by Gasteiger charge is -2.29. The van der Waals surface area contributed by atoms with E-state index in [1.807, 2.05) is 0 Å². The summed E-state index contributed by atoms with van der Waals surface area (Å²) in [7, 11) is 0. The summed E-state index contributed by atoms with van der Waals surface area (Å²) in [5, 5.41) is 17.0. The van der Waals surface area contributed by atoms with Crippen LogP contribution in [0.1, 0.15) is 17.5 Å². The van der Waals surface area contributed by atoms with Gasteiger partial charge in [-0.3, -0.25) is 34.6 Å². The van der Waals surface area contributed by atoms with Crippen LogP contribution < -0.4 is 21.3 Å². The molecule has 2 aromatic rings. The number of imide groups is 1. The van der Waals surface area contributed by atoms with Crippen molar-refractivity contribution in [1.82, 2.24) is 5.32 Å². The summed E-state index contributed by atoms with van der Waals surface area (Å²) in [6, 6.07) is 9.83. The summed E-state index contributed by atoms with van der Waals surface area (Å²) in [5.74, 6) is -4.51. The molecule has 4 N–H and O–H groups in total. The minimum atomic E-state index is -1.54. The van der Waals surface area contributed by atoms with Gasteiger partial charge in [-0.15, -0.1) is 0 Å². The van der Waals surface area contributed by atoms with Crippen LogP contribution in [0.4, 0.5) is 17.1 Å². The lowest BCUT2D eigenvalue weighted by molar-refractivity contribution is -0.384. The fourth-order valence-corrected chi connectivity index (χ4v) is 5.39. The minimum Gasteiger partial charge on any atom is -0.370 e. The summed E-state index contributed by atoms with van der Waals surface area (Å²) >= 11 is 0. The van der Waals surface area contributed by atoms with E-state index in [1.54, 1.807) is 31.2 Å². The second-order valence-corrected chi connectivity index (χ2v) is 8.47. The highest BCUT2D eigenvalue weighted by Crippen LogP contribution is 2.54. The van der Waals surface area contributed by atoms with E-state index in [-0.39, 0.29) is 17.8 Å². The highest BCUT2D eigenvalue weighted by atomic mass is 16.6. The maximum atomic E-state index is 13.8. The van der Waals surface area contributed by atoms with Crippen molar-refractivity contribution in [3.05, 3.63) is 63.7 Å². The Bertz CT molecular complexity index is 1280. The van der Waals surface area contributed by atoms with Crippen molar-refractivity contribution in [3.63, 3.8) is 0 Å². The minimum absolute atomic E-state index is 0.177. The van der Waals surface area contributed by atoms with Gasteiger partial charge in [0.2, 0.25) is 23.6 Å². The molecule has 5 rings (SSSR count). The molecule has 4 atom stereocenters. The highest BCUT2D eigenvalue weighted by Gasteiger charge is 2.70. The highest BCUT2D eigenvalue weighted by molar-refractivity contribution is 6.26. The van der Waals surface area contributed by atoms with E-state index in [1.165, 1.54) is 18.2 Å². The van der Waals surface area contributed by atoms with Crippen molar-refractivity contribution in [2.75, 3.05) is 10.2 Å². The van der Waals surface area contributed by atoms with E-state index in [0.29, 0.717) is 16.8 Å². The Balaban J connectivity index is 1.66. The van der Waals surface area contributed by atoms with E-state index in [9.17, 15) is 29.3 Å². The number of anilines is 2. The predicted octanol–water partition coefficient (Wildman–Crippen LogP) is 0.704. The fraction of sp³-hybridized carbons (Fsp3) is 0.273. The monoisotopic (exact) mass is 449 g/mol. The number of aryl methyl sites for hydroxylation is 1. The normalized spacial score (nSPS) is 27.6. The average Bonchev–Trinajstić information content (AvgIpc) is 3.33. The molecular weight excluding hydrogens is 430 g/mol. The quantitative estimate of drug-likeness (QED) is 0.351. The molecule has 11 nitrogen and oxygen atoms in total. The van der Waals surface area contributed by atoms with Gasteiger partial charge in [-0.05, 0) is 24.6 Å². The van der Waals surface area contributed by atoms with Gasteiger partial charge in [0.1, 0.15) is 5.54 Å². The van der Waals surface area contributed by atoms with Gasteiger partial charge >= 0.3 is 0 Å². The molecule has 4 amide bonds. The number of nitro groups is 1. The second kappa shape index (κ2) is 6.94. The molecule has 3 heterocycles. The molecule has 3 aliphatic heterocycles. The molecule has 0 radical (unpaired) electrons. The van der Waals surface area contributed by atoms with Crippen molar-refractivity contribution >= 4 is 40.7 Å². The van der Waals surface area contributed by atoms with Gasteiger partial charge in [0, 0.05) is 35.8 Å². The summed E-state index contributed by atoms with van der Waals surface area (Å²) in [4.78, 5) is 63.9. The first-order valence-electron chi connectivity index (χ1n) is 10.3. The maximum absolute atomic E-state index is 13.8. The largest absolute Gasteiger partial charge is 0.370 e. The first-order chi connectivity index (χ1) is 15.7. The van der Waals surface area contributed by atoms with Crippen LogP contribution in [-0.2, 0) is 24.7 Å². The molecular formula is C22H19N5O6. The van der Waals surface area contributed by atoms with Crippen molar-refractivity contribution in [2.24, 2.45) is 17.6 Å². The summed E-state index contributed by atoms with van der Waals surface area (Å²) in [6.45, 7) is 1.56. The van der Waals surface area contributed by atoms with Crippen LogP contribution in [0, 0.1) is 28.9 Å². The van der Waals surface area contributed by atoms with Crippen molar-refractivity contribution in [3.8, 4) is 0 Å². The smallest absolute Gasteiger partial charge is 0.269 e. The molecule has 0 aromatic heterocycles. The number of primary amides is 1. The molecule has 168 valence electrons. The second-order valence-electron chi connectivity index (χ2n) is 8.47. The Hall–Kier alpha value is -4.12. The van der Waals surface area contributed by atoms with Crippen LogP contribution in [0.15, 0.2) is 42.5 Å². The third-order valence-electron chi connectivity index (χ3n) is 6.68. The molecule has 1 spiro atoms. The Kier molecular flexibility index (Phi) is 4.37. The van der Waals surface area contributed by atoms with Crippen molar-refractivity contribution in [1.29, 1.82) is 0 Å². The molecule has 3 aliphatic rings. The number of para-hydroxylation sites is 1. The van der Waals surface area contributed by atoms with Gasteiger partial charge in [-0.2, -0.15) is 0 Å². The number of fused-ring (bicyclic) bond motifs is 4. The number of hydrogen-bond acceptors (Lipinski definition) is 7. The summed E-state index contributed by atoms with van der Waals surface area (Å²) in [5.41, 5.74) is 5.28. The summed E-state index contributed by atoms with van der Waals surface area (Å²) < 4.78 is 0. The number of nitrogens with zero attached hydrogens (tertiary/aromatic N) is 2. The zero-order valence-corrected chi connectivity index (χ0v) is 17.4. The molecule has 33 heavy (non-hydrogen) atoms. The number of nitrogens with one attached hydrogen (secondary N) is 2. The van der Waals surface area contributed by atoms with Crippen LogP contribution in [0.3, 0.4) is 0 Å². The first kappa shape index (κ1) is 20.8. The topological polar surface area (TPSA) is 165 Å². The van der Waals surface area contributed by atoms with E-state index in [2.05, 4.69) is 10.6 Å². The molecule has 0 saturated carbocycles. The van der Waals surface area contributed by atoms with Gasteiger partial charge in [0.25, 0.3) is 5.69 Å². The number of carbonyl (C=O) groups excluding carboxylic acids is 4. The number of carbonyl (C=O) groups is 4. The number of benzene rings is 2. The van der Waals surface area contributed by atoms with Gasteiger partial charge in [0.15, 0.2) is 0 Å². The third-order valence-corrected chi connectivity index (χ3v) is 6.68. The van der Waals surface area contributed by atoms with Crippen LogP contribution >= 0.6 is 0 Å². The molecule has 0 aliphatic carbocycles. The van der Waals surface area contributed by atoms with Gasteiger partial charge in [-0.25, -0.2) is 4.90 Å². The maximum Gasteiger partial charge on any atom is 0.269 e. The first-order valence-corrected chi connectivity index (χ1v) is 10.3. The van der Waals surface area contributed by atoms with E-state index >= 15 is 0 Å². The number of amides is 4. The van der Waals surface area contributed by atoms with E-state index in [4.69, 9.17) is 5.73 Å². The van der Waals surface area contributed by atoms with Crippen molar-refractivity contribution < 1.29 is 24.1 Å². The van der Waals surface area contributed by atoms with E-state index < -0.39 is 52.0 Å². The molecule has 0 bridgehead atoms. The lowest BCUT2D eigenvalue weighted by atomic mass is 9.76. The average molecular weight is 449 g/mol. The van der Waals surface area contributed by atoms with Crippen LogP contribution in [-0.4, -0.2) is 34.6 Å². The standard InChI is InChI=1S/C22H19N5O6/c1-10-8-11(27(32)33)6-7-15(10)26-19(29)17-14(9-16(23)28)25-22(18(17)20(26)30)12-4-2-3-5-13(12)24-21(22)31/h2-8,14,17-18,25H,9H2,1H3,(H2,23,28)(H,24,31)/t14-,17+,18+,22+/m0/s1. The van der Waals surface area contributed by atoms with Crippen LogP contribution in [0.25, 0.3) is 0 Å². The molecule has 11 heteroatoms. The summed E-state index contributed by atoms with van der Waals surface area (Å²) in [6.07, 6.45) is -0.246. The fourth-order valence-electron chi connectivity index (χ4n) is 5.39. The number of hydrogen-bond donors (Lipinski definition) is 3. The Morgan fingerprint density at radius 1 is 1.18 bits per heavy atom. The van der Waals surface area contributed by atoms with Crippen molar-refractivity contribution in [2.45, 2.75) is 24.9 Å². The molecule has 2 aromatic carbocycles. The van der Waals surface area contributed by atoms with E-state index in [0.717, 1.165) is 4.90 Å². The lowest BCUT2D eigenvalue weighted by Crippen LogP contribution is -2.53. The third kappa shape index (κ3) is 2.72. The number of nitrogens with two attached hydrogens (primary N) is 1. The Morgan fingerprint density at radius 2 is 1.91 bits per heavy atom. The molecule has 2 saturated heterocycles. The van der Waals surface area contributed by atoms with Gasteiger partial charge in [-0.1, -0.05) is 18.2 Å². The van der Waals surface area contributed by atoms with Crippen LogP contribution in [0.2, 0.25) is 0 Å².